The van der Waals surface area contributed by atoms with Crippen LogP contribution in [0.2, 0.25) is 0 Å². The highest BCUT2D eigenvalue weighted by molar-refractivity contribution is 6.24. The molecule has 3 fully saturated rings. The van der Waals surface area contributed by atoms with Crippen LogP contribution in [0.4, 0.5) is 10.5 Å². The SMILES string of the molecule is COC(=O)[C@@H](NC(=O)N1C(=O)[C@@]2(c3cc(C#CC4(O)CCCCCC4)ccc31)[C@H](c1ccc(OCCO)cc1)N1[C@H](c3ccccc3)[C@H](c3ccccc3)OC(=O)[C@H]1[C@@H]2C(=O)O)C(C)C. The number of hydrogen-bond acceptors (Lipinski definition) is 11. The summed E-state index contributed by atoms with van der Waals surface area (Å²) < 4.78 is 17.1. The minimum absolute atomic E-state index is 0.000490. The number of benzene rings is 4. The van der Waals surface area contributed by atoms with Gasteiger partial charge in [-0.2, -0.15) is 0 Å². The number of carbonyl (C=O) groups is 5. The van der Waals surface area contributed by atoms with Crippen LogP contribution in [0.1, 0.15) is 98.4 Å². The number of anilines is 1. The number of morpholine rings is 1. The number of methoxy groups -OCH3 is 1. The molecule has 3 amide bonds. The van der Waals surface area contributed by atoms with E-state index in [2.05, 4.69) is 17.2 Å². The molecule has 14 heteroatoms. The maximum atomic E-state index is 16.2. The molecule has 1 spiro atoms. The van der Waals surface area contributed by atoms with Crippen molar-refractivity contribution in [1.82, 2.24) is 10.2 Å². The van der Waals surface area contributed by atoms with Crippen LogP contribution in [0, 0.1) is 23.7 Å². The van der Waals surface area contributed by atoms with Crippen molar-refractivity contribution in [1.29, 1.82) is 0 Å². The van der Waals surface area contributed by atoms with Crippen LogP contribution in [0.3, 0.4) is 0 Å². The Hall–Kier alpha value is -6.53. The molecule has 1 saturated carbocycles. The summed E-state index contributed by atoms with van der Waals surface area (Å²) in [7, 11) is 1.19. The summed E-state index contributed by atoms with van der Waals surface area (Å²) in [5.41, 5.74) is -1.32. The van der Waals surface area contributed by atoms with Gasteiger partial charge in [-0.25, -0.2) is 14.5 Å². The molecular weight excluding hydrogens is 831 g/mol. The molecule has 4 N–H and O–H groups in total. The number of aliphatic hydroxyl groups excluding tert-OH is 1. The minimum Gasteiger partial charge on any atom is -0.491 e. The van der Waals surface area contributed by atoms with Crippen molar-refractivity contribution in [2.24, 2.45) is 11.8 Å². The van der Waals surface area contributed by atoms with Crippen molar-refractivity contribution in [3.05, 3.63) is 131 Å². The molecule has 4 aliphatic rings. The van der Waals surface area contributed by atoms with E-state index in [1.54, 1.807) is 55.1 Å². The maximum absolute atomic E-state index is 16.2. The van der Waals surface area contributed by atoms with E-state index in [4.69, 9.17) is 14.2 Å². The lowest BCUT2D eigenvalue weighted by atomic mass is 9.65. The fourth-order valence-electron chi connectivity index (χ4n) is 10.3. The van der Waals surface area contributed by atoms with Crippen LogP contribution in [-0.2, 0) is 34.1 Å². The summed E-state index contributed by atoms with van der Waals surface area (Å²) in [6.07, 6.45) is 3.50. The van der Waals surface area contributed by atoms with Gasteiger partial charge in [-0.15, -0.1) is 0 Å². The zero-order valence-corrected chi connectivity index (χ0v) is 36.5. The number of fused-ring (bicyclic) bond motifs is 3. The lowest BCUT2D eigenvalue weighted by Crippen LogP contribution is -2.56. The quantitative estimate of drug-likeness (QED) is 0.0808. The van der Waals surface area contributed by atoms with Crippen molar-refractivity contribution in [2.75, 3.05) is 25.2 Å². The summed E-state index contributed by atoms with van der Waals surface area (Å²) in [5.74, 6) is 0.176. The van der Waals surface area contributed by atoms with Crippen molar-refractivity contribution in [2.45, 2.75) is 93.7 Å². The van der Waals surface area contributed by atoms with Gasteiger partial charge >= 0.3 is 23.9 Å². The lowest BCUT2D eigenvalue weighted by molar-refractivity contribution is -0.179. The topological polar surface area (TPSA) is 192 Å². The molecule has 4 aromatic rings. The first-order chi connectivity index (χ1) is 31.3. The van der Waals surface area contributed by atoms with Gasteiger partial charge < -0.3 is 34.8 Å². The van der Waals surface area contributed by atoms with E-state index in [9.17, 15) is 34.5 Å². The second-order valence-electron chi connectivity index (χ2n) is 17.5. The van der Waals surface area contributed by atoms with E-state index < -0.39 is 83.0 Å². The molecule has 0 radical (unpaired) electrons. The second kappa shape index (κ2) is 18.5. The number of nitrogens with one attached hydrogen (secondary N) is 1. The molecule has 338 valence electrons. The zero-order valence-electron chi connectivity index (χ0n) is 36.5. The molecule has 14 nitrogen and oxygen atoms in total. The molecule has 3 aliphatic heterocycles. The molecular formula is C51H53N3O11. The van der Waals surface area contributed by atoms with E-state index in [1.807, 2.05) is 60.7 Å². The zero-order chi connectivity index (χ0) is 46.0. The number of hydrogen-bond donors (Lipinski definition) is 4. The predicted octanol–water partition coefficient (Wildman–Crippen LogP) is 6.15. The van der Waals surface area contributed by atoms with E-state index in [-0.39, 0.29) is 24.5 Å². The first-order valence-corrected chi connectivity index (χ1v) is 22.1. The second-order valence-corrected chi connectivity index (χ2v) is 17.5. The maximum Gasteiger partial charge on any atom is 0.329 e. The van der Waals surface area contributed by atoms with Gasteiger partial charge in [-0.1, -0.05) is 111 Å². The third-order valence-electron chi connectivity index (χ3n) is 13.3. The van der Waals surface area contributed by atoms with E-state index in [0.717, 1.165) is 30.6 Å². The first-order valence-electron chi connectivity index (χ1n) is 22.1. The number of aliphatic hydroxyl groups is 2. The van der Waals surface area contributed by atoms with Gasteiger partial charge in [0.25, 0.3) is 0 Å². The fraction of sp³-hybridized carbons (Fsp3) is 0.392. The molecule has 7 atom stereocenters. The number of amides is 3. The highest BCUT2D eigenvalue weighted by Gasteiger charge is 2.76. The van der Waals surface area contributed by atoms with Crippen LogP contribution >= 0.6 is 0 Å². The number of urea groups is 1. The molecule has 4 aromatic carbocycles. The van der Waals surface area contributed by atoms with Crippen LogP contribution in [0.25, 0.3) is 0 Å². The Morgan fingerprint density at radius 3 is 2.11 bits per heavy atom. The van der Waals surface area contributed by atoms with E-state index >= 15 is 4.79 Å². The Bertz CT molecular complexity index is 2490. The molecule has 8 rings (SSSR count). The number of imide groups is 1. The number of nitrogens with zero attached hydrogens (tertiary/aromatic N) is 2. The number of rotatable bonds is 10. The van der Waals surface area contributed by atoms with Gasteiger partial charge in [0, 0.05) is 5.56 Å². The average Bonchev–Trinajstić information content (AvgIpc) is 3.65. The highest BCUT2D eigenvalue weighted by Crippen LogP contribution is 2.66. The van der Waals surface area contributed by atoms with Crippen LogP contribution < -0.4 is 15.0 Å². The smallest absolute Gasteiger partial charge is 0.329 e. The molecule has 0 bridgehead atoms. The van der Waals surface area contributed by atoms with Crippen LogP contribution in [0.5, 0.6) is 5.75 Å². The Balaban J connectivity index is 1.42. The van der Waals surface area contributed by atoms with Gasteiger partial charge in [-0.3, -0.25) is 19.3 Å². The Morgan fingerprint density at radius 1 is 0.862 bits per heavy atom. The number of esters is 2. The summed E-state index contributed by atoms with van der Waals surface area (Å²) in [5, 5.41) is 35.4. The largest absolute Gasteiger partial charge is 0.491 e. The molecule has 0 unspecified atom stereocenters. The number of carboxylic acids is 1. The van der Waals surface area contributed by atoms with Crippen LogP contribution in [-0.4, -0.2) is 88.1 Å². The average molecular weight is 884 g/mol. The van der Waals surface area contributed by atoms with Gasteiger partial charge in [0.05, 0.1) is 31.5 Å². The first kappa shape index (κ1) is 45.1. The van der Waals surface area contributed by atoms with Crippen molar-refractivity contribution >= 4 is 35.5 Å². The predicted molar refractivity (Wildman–Crippen MR) is 237 cm³/mol. The highest BCUT2D eigenvalue weighted by atomic mass is 16.6. The fourth-order valence-corrected chi connectivity index (χ4v) is 10.3. The van der Waals surface area contributed by atoms with Crippen molar-refractivity contribution in [3.8, 4) is 17.6 Å². The van der Waals surface area contributed by atoms with Gasteiger partial charge in [0.1, 0.15) is 47.5 Å². The number of carbonyl (C=O) groups excluding carboxylic acids is 4. The standard InChI is InChI=1S/C51H53N3O11/c1-31(2)40(46(58)63-3)52-49(61)53-38-23-18-32(24-27-50(62)25-12-4-5-13-26-50)30-37(38)51(48(53)60)39(45(56)57)42-47(59)65-43(34-16-10-7-11-17-34)41(33-14-8-6-9-15-33)54(42)44(51)35-19-21-36(22-20-35)64-29-28-55/h6-11,14-23,30-31,39-44,55,62H,4-5,12-13,25-26,28-29H2,1-3H3,(H,52,61)(H,56,57)/t39-,40+,41-,42-,43+,44+,51-/m1/s1. The summed E-state index contributed by atoms with van der Waals surface area (Å²) >= 11 is 0. The van der Waals surface area contributed by atoms with Gasteiger partial charge in [0.2, 0.25) is 5.91 Å². The van der Waals surface area contributed by atoms with Gasteiger partial charge in [0.15, 0.2) is 0 Å². The summed E-state index contributed by atoms with van der Waals surface area (Å²) in [6, 6.07) is 23.7. The van der Waals surface area contributed by atoms with Crippen LogP contribution in [0.15, 0.2) is 103 Å². The monoisotopic (exact) mass is 883 g/mol. The van der Waals surface area contributed by atoms with Crippen molar-refractivity contribution < 1.29 is 53.5 Å². The van der Waals surface area contributed by atoms with E-state index in [0.29, 0.717) is 40.8 Å². The Morgan fingerprint density at radius 2 is 1.51 bits per heavy atom. The van der Waals surface area contributed by atoms with Gasteiger partial charge in [-0.05, 0) is 84.2 Å². The number of carboxylic acid groups (broad SMARTS) is 1. The summed E-state index contributed by atoms with van der Waals surface area (Å²) in [6.45, 7) is 3.16. The molecule has 3 heterocycles. The number of ether oxygens (including phenoxy) is 3. The third-order valence-corrected chi connectivity index (χ3v) is 13.3. The molecule has 1 aliphatic carbocycles. The summed E-state index contributed by atoms with van der Waals surface area (Å²) in [4.78, 5) is 75.9. The molecule has 0 aromatic heterocycles. The third kappa shape index (κ3) is 8.13. The van der Waals surface area contributed by atoms with E-state index in [1.165, 1.54) is 13.2 Å². The van der Waals surface area contributed by atoms with Crippen molar-refractivity contribution in [3.63, 3.8) is 0 Å². The number of cyclic esters (lactones) is 1. The Labute approximate surface area is 377 Å². The lowest BCUT2D eigenvalue weighted by Gasteiger charge is -2.46. The molecule has 2 saturated heterocycles. The Kier molecular flexibility index (Phi) is 12.8. The number of aliphatic carboxylic acids is 1. The molecule has 65 heavy (non-hydrogen) atoms. The minimum atomic E-state index is -2.25. The normalized spacial score (nSPS) is 25.1.